The van der Waals surface area contributed by atoms with Gasteiger partial charge in [0, 0.05) is 12.8 Å². The molecule has 0 aromatic carbocycles. The highest BCUT2D eigenvalue weighted by Gasteiger charge is 2.18. The molecule has 0 radical (unpaired) electrons. The van der Waals surface area contributed by atoms with Crippen LogP contribution in [0.15, 0.2) is 36.5 Å². The lowest BCUT2D eigenvalue weighted by molar-refractivity contribution is -0.143. The molecule has 6 nitrogen and oxygen atoms in total. The number of unbranched alkanes of at least 4 members (excludes halogenated alkanes) is 50. The van der Waals surface area contributed by atoms with Crippen LogP contribution in [0.5, 0.6) is 0 Å². The van der Waals surface area contributed by atoms with E-state index >= 15 is 0 Å². The molecule has 0 spiro atoms. The van der Waals surface area contributed by atoms with Crippen molar-refractivity contribution in [2.75, 3.05) is 13.2 Å². The molecule has 0 saturated carbocycles. The summed E-state index contributed by atoms with van der Waals surface area (Å²) >= 11 is 0. The topological polar surface area (TPSA) is 95.9 Å². The molecule has 2 unspecified atom stereocenters. The van der Waals surface area contributed by atoms with E-state index in [2.05, 4.69) is 43.5 Å². The lowest BCUT2D eigenvalue weighted by atomic mass is 10.0. The van der Waals surface area contributed by atoms with Gasteiger partial charge in [-0.3, -0.25) is 9.59 Å². The summed E-state index contributed by atoms with van der Waals surface area (Å²) in [6.45, 7) is 4.91. The molecule has 2 atom stereocenters. The molecule has 0 saturated heterocycles. The second kappa shape index (κ2) is 66.6. The van der Waals surface area contributed by atoms with Crippen molar-refractivity contribution in [3.05, 3.63) is 36.5 Å². The molecular formula is C71H135NO5. The van der Waals surface area contributed by atoms with Crippen molar-refractivity contribution >= 4 is 11.9 Å². The molecule has 3 N–H and O–H groups in total. The smallest absolute Gasteiger partial charge is 0.305 e. The van der Waals surface area contributed by atoms with Gasteiger partial charge in [-0.1, -0.05) is 320 Å². The van der Waals surface area contributed by atoms with Gasteiger partial charge in [0.25, 0.3) is 0 Å². The fourth-order valence-electron chi connectivity index (χ4n) is 10.8. The van der Waals surface area contributed by atoms with Crippen molar-refractivity contribution in [3.8, 4) is 0 Å². The van der Waals surface area contributed by atoms with Crippen LogP contribution in [0.3, 0.4) is 0 Å². The molecule has 0 bridgehead atoms. The van der Waals surface area contributed by atoms with Crippen molar-refractivity contribution in [2.24, 2.45) is 0 Å². The Morgan fingerprint density at radius 3 is 0.935 bits per heavy atom. The molecule has 0 aromatic heterocycles. The third-order valence-corrected chi connectivity index (χ3v) is 16.1. The highest BCUT2D eigenvalue weighted by atomic mass is 16.5. The average molecular weight is 1080 g/mol. The van der Waals surface area contributed by atoms with Gasteiger partial charge in [0.2, 0.25) is 5.91 Å². The van der Waals surface area contributed by atoms with Gasteiger partial charge in [-0.25, -0.2) is 0 Å². The summed E-state index contributed by atoms with van der Waals surface area (Å²) in [6, 6.07) is -0.633. The summed E-state index contributed by atoms with van der Waals surface area (Å²) in [5, 5.41) is 23.3. The number of aliphatic hydroxyl groups is 2. The van der Waals surface area contributed by atoms with Gasteiger partial charge in [0.1, 0.15) is 0 Å². The number of hydrogen-bond donors (Lipinski definition) is 3. The first-order chi connectivity index (χ1) is 38.0. The SMILES string of the molecule is CCCCCC/C=C\CCCCCCCC(=O)OCCCCCCCCCCCCCC/C=C\CCCCCCCCCCC(=O)NC(CO)C(O)/C=C/CCCCCCCCCCCCCCCCCCCCCCC. The van der Waals surface area contributed by atoms with E-state index < -0.39 is 12.1 Å². The number of rotatable bonds is 65. The zero-order valence-corrected chi connectivity index (χ0v) is 52.0. The maximum Gasteiger partial charge on any atom is 0.305 e. The van der Waals surface area contributed by atoms with Gasteiger partial charge < -0.3 is 20.3 Å². The number of ether oxygens (including phenoxy) is 1. The standard InChI is InChI=1S/C71H135NO5/c1-3-5-7-9-11-13-15-17-18-19-20-21-24-27-30-33-36-40-43-47-51-55-59-63-69(74)68(67-73)72-70(75)64-60-56-52-48-44-41-37-34-31-28-25-22-23-26-29-32-35-38-42-46-50-54-58-62-66-77-71(76)65-61-57-53-49-45-39-16-14-12-10-8-6-4-2/h14,16,25,28,59,63,68-69,73-74H,3-13,15,17-24,26-27,29-58,60-62,64-67H2,1-2H3,(H,72,75)/b16-14-,28-25-,63-59+. The van der Waals surface area contributed by atoms with Gasteiger partial charge in [-0.15, -0.1) is 0 Å². The van der Waals surface area contributed by atoms with Crippen LogP contribution in [-0.2, 0) is 14.3 Å². The van der Waals surface area contributed by atoms with E-state index in [4.69, 9.17) is 4.74 Å². The number of allylic oxidation sites excluding steroid dienone is 5. The second-order valence-corrected chi connectivity index (χ2v) is 23.9. The molecule has 454 valence electrons. The highest BCUT2D eigenvalue weighted by molar-refractivity contribution is 5.76. The molecule has 1 amide bonds. The summed E-state index contributed by atoms with van der Waals surface area (Å²) in [5.41, 5.74) is 0. The van der Waals surface area contributed by atoms with Crippen LogP contribution in [0.25, 0.3) is 0 Å². The van der Waals surface area contributed by atoms with Gasteiger partial charge in [0.05, 0.1) is 25.4 Å². The summed E-state index contributed by atoms with van der Waals surface area (Å²) in [7, 11) is 0. The fourth-order valence-corrected chi connectivity index (χ4v) is 10.8. The van der Waals surface area contributed by atoms with Crippen molar-refractivity contribution in [1.29, 1.82) is 0 Å². The van der Waals surface area contributed by atoms with Gasteiger partial charge in [-0.05, 0) is 83.5 Å². The van der Waals surface area contributed by atoms with Crippen LogP contribution in [0.1, 0.15) is 380 Å². The lowest BCUT2D eigenvalue weighted by Crippen LogP contribution is -2.45. The van der Waals surface area contributed by atoms with Crippen LogP contribution >= 0.6 is 0 Å². The Hall–Kier alpha value is -1.92. The van der Waals surface area contributed by atoms with E-state index in [0.29, 0.717) is 19.4 Å². The first kappa shape index (κ1) is 75.1. The number of esters is 1. The molecule has 0 aliphatic heterocycles. The van der Waals surface area contributed by atoms with E-state index in [0.717, 1.165) is 44.9 Å². The maximum atomic E-state index is 12.5. The van der Waals surface area contributed by atoms with Crippen molar-refractivity contribution in [2.45, 2.75) is 392 Å². The van der Waals surface area contributed by atoms with E-state index in [1.54, 1.807) is 6.08 Å². The molecule has 0 aliphatic carbocycles. The molecule has 0 aliphatic rings. The first-order valence-corrected chi connectivity index (χ1v) is 34.8. The normalized spacial score (nSPS) is 12.7. The van der Waals surface area contributed by atoms with Crippen LogP contribution in [0.4, 0.5) is 0 Å². The van der Waals surface area contributed by atoms with Crippen molar-refractivity contribution in [1.82, 2.24) is 5.32 Å². The minimum Gasteiger partial charge on any atom is -0.466 e. The minimum atomic E-state index is -0.849. The van der Waals surface area contributed by atoms with Crippen LogP contribution < -0.4 is 5.32 Å². The molecule has 0 fully saturated rings. The number of carbonyl (C=O) groups excluding carboxylic acids is 2. The number of hydrogen-bond acceptors (Lipinski definition) is 5. The van der Waals surface area contributed by atoms with Crippen LogP contribution in [0.2, 0.25) is 0 Å². The summed E-state index contributed by atoms with van der Waals surface area (Å²) in [6.07, 6.45) is 85.0. The van der Waals surface area contributed by atoms with Crippen molar-refractivity contribution < 1.29 is 24.5 Å². The third-order valence-electron chi connectivity index (χ3n) is 16.1. The fraction of sp³-hybridized carbons (Fsp3) is 0.887. The van der Waals surface area contributed by atoms with Gasteiger partial charge in [-0.2, -0.15) is 0 Å². The Bertz CT molecular complexity index is 1250. The Balaban J connectivity index is 3.44. The molecule has 0 aromatic rings. The summed E-state index contributed by atoms with van der Waals surface area (Å²) in [4.78, 5) is 24.6. The quantitative estimate of drug-likeness (QED) is 0.0320. The monoisotopic (exact) mass is 1080 g/mol. The lowest BCUT2D eigenvalue weighted by Gasteiger charge is -2.20. The zero-order chi connectivity index (χ0) is 55.7. The predicted molar refractivity (Wildman–Crippen MR) is 338 cm³/mol. The molecule has 0 heterocycles. The van der Waals surface area contributed by atoms with Crippen LogP contribution in [0, 0.1) is 0 Å². The molecule has 6 heteroatoms. The largest absolute Gasteiger partial charge is 0.466 e. The predicted octanol–water partition coefficient (Wildman–Crippen LogP) is 22.3. The van der Waals surface area contributed by atoms with Gasteiger partial charge in [0.15, 0.2) is 0 Å². The van der Waals surface area contributed by atoms with Gasteiger partial charge >= 0.3 is 5.97 Å². The Kier molecular flexibility index (Phi) is 64.9. The number of amides is 1. The second-order valence-electron chi connectivity index (χ2n) is 23.9. The third kappa shape index (κ3) is 63.1. The number of aliphatic hydroxyl groups excluding tert-OH is 2. The molecular weight excluding hydrogens is 947 g/mol. The molecule has 0 rings (SSSR count). The number of nitrogens with one attached hydrogen (secondary N) is 1. The minimum absolute atomic E-state index is 0.00318. The first-order valence-electron chi connectivity index (χ1n) is 34.8. The number of carbonyl (C=O) groups is 2. The maximum absolute atomic E-state index is 12.5. The van der Waals surface area contributed by atoms with E-state index in [-0.39, 0.29) is 18.5 Å². The van der Waals surface area contributed by atoms with E-state index in [1.165, 1.54) is 308 Å². The Labute approximate surface area is 481 Å². The van der Waals surface area contributed by atoms with E-state index in [1.807, 2.05) is 6.08 Å². The van der Waals surface area contributed by atoms with Crippen molar-refractivity contribution in [3.63, 3.8) is 0 Å². The Morgan fingerprint density at radius 2 is 0.610 bits per heavy atom. The highest BCUT2D eigenvalue weighted by Crippen LogP contribution is 2.18. The average Bonchev–Trinajstić information content (AvgIpc) is 3.43. The Morgan fingerprint density at radius 1 is 0.351 bits per heavy atom. The summed E-state index contributed by atoms with van der Waals surface area (Å²) < 4.78 is 5.48. The van der Waals surface area contributed by atoms with E-state index in [9.17, 15) is 19.8 Å². The molecule has 77 heavy (non-hydrogen) atoms. The summed E-state index contributed by atoms with van der Waals surface area (Å²) in [5.74, 6) is -0.0658. The van der Waals surface area contributed by atoms with Crippen LogP contribution in [-0.4, -0.2) is 47.4 Å². The zero-order valence-electron chi connectivity index (χ0n) is 52.0.